The van der Waals surface area contributed by atoms with Gasteiger partial charge in [0.15, 0.2) is 0 Å². The summed E-state index contributed by atoms with van der Waals surface area (Å²) in [6.07, 6.45) is 1.74. The minimum absolute atomic E-state index is 0.328. The van der Waals surface area contributed by atoms with Crippen LogP contribution in [0.15, 0.2) is 48.9 Å². The van der Waals surface area contributed by atoms with Crippen molar-refractivity contribution in [3.63, 3.8) is 0 Å². The predicted molar refractivity (Wildman–Crippen MR) is 58.6 cm³/mol. The fourth-order valence-electron chi connectivity index (χ4n) is 1.33. The molecule has 0 fully saturated rings. The fraction of sp³-hybridized carbons (Fsp3) is 0. The molecule has 0 unspecified atom stereocenters. The van der Waals surface area contributed by atoms with E-state index < -0.39 is 6.09 Å². The summed E-state index contributed by atoms with van der Waals surface area (Å²) in [6.45, 7) is 0. The quantitative estimate of drug-likeness (QED) is 0.834. The molecule has 1 N–H and O–H groups in total. The van der Waals surface area contributed by atoms with E-state index in [2.05, 4.69) is 9.97 Å². The number of anilines is 2. The highest BCUT2D eigenvalue weighted by molar-refractivity contribution is 5.93. The molecule has 1 heterocycles. The van der Waals surface area contributed by atoms with Gasteiger partial charge < -0.3 is 5.11 Å². The molecule has 1 aromatic heterocycles. The van der Waals surface area contributed by atoms with Crippen LogP contribution < -0.4 is 4.90 Å². The molecular formula is C11H9N3O2. The van der Waals surface area contributed by atoms with E-state index in [-0.39, 0.29) is 0 Å². The van der Waals surface area contributed by atoms with Gasteiger partial charge in [0.1, 0.15) is 12.1 Å². The number of hydrogen-bond donors (Lipinski definition) is 1. The minimum atomic E-state index is -1.08. The predicted octanol–water partition coefficient (Wildman–Crippen LogP) is 2.29. The van der Waals surface area contributed by atoms with Crippen molar-refractivity contribution < 1.29 is 9.90 Å². The Hall–Kier alpha value is -2.43. The largest absolute Gasteiger partial charge is 0.464 e. The van der Waals surface area contributed by atoms with E-state index in [4.69, 9.17) is 5.11 Å². The zero-order valence-electron chi connectivity index (χ0n) is 8.32. The van der Waals surface area contributed by atoms with Crippen LogP contribution in [0.2, 0.25) is 0 Å². The topological polar surface area (TPSA) is 66.3 Å². The molecule has 80 valence electrons. The number of aromatic nitrogens is 2. The minimum Gasteiger partial charge on any atom is -0.464 e. The van der Waals surface area contributed by atoms with E-state index in [1.54, 1.807) is 30.3 Å². The second-order valence-electron chi connectivity index (χ2n) is 3.02. The van der Waals surface area contributed by atoms with Gasteiger partial charge in [-0.3, -0.25) is 0 Å². The summed E-state index contributed by atoms with van der Waals surface area (Å²) >= 11 is 0. The van der Waals surface area contributed by atoms with Gasteiger partial charge in [0.25, 0.3) is 0 Å². The van der Waals surface area contributed by atoms with Crippen molar-refractivity contribution in [2.45, 2.75) is 0 Å². The van der Waals surface area contributed by atoms with Crippen molar-refractivity contribution in [2.24, 2.45) is 0 Å². The van der Waals surface area contributed by atoms with Gasteiger partial charge in [-0.1, -0.05) is 18.2 Å². The monoisotopic (exact) mass is 215 g/mol. The first-order chi connectivity index (χ1) is 7.79. The Balaban J connectivity index is 2.44. The van der Waals surface area contributed by atoms with E-state index in [9.17, 15) is 4.79 Å². The first-order valence-electron chi connectivity index (χ1n) is 4.63. The molecule has 2 aromatic rings. The number of carboxylic acid groups (broad SMARTS) is 1. The summed E-state index contributed by atoms with van der Waals surface area (Å²) < 4.78 is 0. The highest BCUT2D eigenvalue weighted by Crippen LogP contribution is 2.22. The van der Waals surface area contributed by atoms with Gasteiger partial charge in [-0.25, -0.2) is 19.7 Å². The number of amides is 1. The summed E-state index contributed by atoms with van der Waals surface area (Å²) in [4.78, 5) is 19.9. The van der Waals surface area contributed by atoms with E-state index in [1.807, 2.05) is 6.07 Å². The van der Waals surface area contributed by atoms with Crippen LogP contribution in [0.1, 0.15) is 0 Å². The second kappa shape index (κ2) is 4.39. The van der Waals surface area contributed by atoms with Crippen LogP contribution >= 0.6 is 0 Å². The molecular weight excluding hydrogens is 206 g/mol. The van der Waals surface area contributed by atoms with Gasteiger partial charge in [0.05, 0.1) is 5.69 Å². The van der Waals surface area contributed by atoms with Crippen LogP contribution in [0.5, 0.6) is 0 Å². The van der Waals surface area contributed by atoms with Crippen molar-refractivity contribution in [1.29, 1.82) is 0 Å². The van der Waals surface area contributed by atoms with Crippen molar-refractivity contribution in [1.82, 2.24) is 9.97 Å². The van der Waals surface area contributed by atoms with Crippen molar-refractivity contribution >= 4 is 17.6 Å². The number of para-hydroxylation sites is 1. The third-order valence-corrected chi connectivity index (χ3v) is 2.00. The summed E-state index contributed by atoms with van der Waals surface area (Å²) in [5.41, 5.74) is 0.550. The molecule has 0 saturated carbocycles. The Morgan fingerprint density at radius 3 is 2.50 bits per heavy atom. The molecule has 0 atom stereocenters. The Labute approximate surface area is 92.0 Å². The van der Waals surface area contributed by atoms with Gasteiger partial charge in [-0.15, -0.1) is 0 Å². The molecule has 0 bridgehead atoms. The normalized spacial score (nSPS) is 9.75. The fourth-order valence-corrected chi connectivity index (χ4v) is 1.33. The maximum Gasteiger partial charge on any atom is 0.417 e. The van der Waals surface area contributed by atoms with Gasteiger partial charge in [-0.2, -0.15) is 0 Å². The molecule has 0 aliphatic carbocycles. The molecule has 0 saturated heterocycles. The molecule has 2 rings (SSSR count). The van der Waals surface area contributed by atoms with Crippen LogP contribution in [0.25, 0.3) is 0 Å². The Morgan fingerprint density at radius 2 is 1.94 bits per heavy atom. The van der Waals surface area contributed by atoms with Crippen LogP contribution in [-0.2, 0) is 0 Å². The number of carbonyl (C=O) groups is 1. The van der Waals surface area contributed by atoms with E-state index in [0.29, 0.717) is 11.5 Å². The number of rotatable bonds is 2. The zero-order chi connectivity index (χ0) is 11.4. The third kappa shape index (κ3) is 1.98. The van der Waals surface area contributed by atoms with E-state index in [1.165, 1.54) is 12.5 Å². The van der Waals surface area contributed by atoms with E-state index in [0.717, 1.165) is 4.90 Å². The van der Waals surface area contributed by atoms with Gasteiger partial charge >= 0.3 is 6.09 Å². The van der Waals surface area contributed by atoms with Crippen molar-refractivity contribution in [2.75, 3.05) is 4.90 Å². The van der Waals surface area contributed by atoms with Crippen LogP contribution in [-0.4, -0.2) is 21.2 Å². The average molecular weight is 215 g/mol. The molecule has 0 aliphatic rings. The lowest BCUT2D eigenvalue weighted by atomic mass is 10.3. The Bertz CT molecular complexity index is 434. The lowest BCUT2D eigenvalue weighted by Gasteiger charge is -2.17. The highest BCUT2D eigenvalue weighted by atomic mass is 16.4. The molecule has 0 aliphatic heterocycles. The van der Waals surface area contributed by atoms with Gasteiger partial charge in [0.2, 0.25) is 0 Å². The SMILES string of the molecule is O=C(O)N(c1ccccc1)c1ccncn1. The molecule has 16 heavy (non-hydrogen) atoms. The summed E-state index contributed by atoms with van der Waals surface area (Å²) in [7, 11) is 0. The van der Waals surface area contributed by atoms with Crippen molar-refractivity contribution in [3.8, 4) is 0 Å². The van der Waals surface area contributed by atoms with Gasteiger partial charge in [0, 0.05) is 6.20 Å². The van der Waals surface area contributed by atoms with Crippen LogP contribution in [0, 0.1) is 0 Å². The van der Waals surface area contributed by atoms with Crippen LogP contribution in [0.4, 0.5) is 16.3 Å². The summed E-state index contributed by atoms with van der Waals surface area (Å²) in [6, 6.07) is 10.3. The van der Waals surface area contributed by atoms with Crippen molar-refractivity contribution in [3.05, 3.63) is 48.9 Å². The average Bonchev–Trinajstić information content (AvgIpc) is 2.31. The Kier molecular flexibility index (Phi) is 2.77. The molecule has 5 nitrogen and oxygen atoms in total. The maximum absolute atomic E-state index is 11.2. The Morgan fingerprint density at radius 1 is 1.19 bits per heavy atom. The maximum atomic E-state index is 11.2. The van der Waals surface area contributed by atoms with Gasteiger partial charge in [-0.05, 0) is 18.2 Å². The van der Waals surface area contributed by atoms with E-state index >= 15 is 0 Å². The highest BCUT2D eigenvalue weighted by Gasteiger charge is 2.17. The first kappa shape index (κ1) is 10.1. The summed E-state index contributed by atoms with van der Waals surface area (Å²) in [5.74, 6) is 0.328. The number of nitrogens with zero attached hydrogens (tertiary/aromatic N) is 3. The lowest BCUT2D eigenvalue weighted by Crippen LogP contribution is -2.24. The molecule has 1 aromatic carbocycles. The number of hydrogen-bond acceptors (Lipinski definition) is 3. The number of benzene rings is 1. The first-order valence-corrected chi connectivity index (χ1v) is 4.63. The standard InChI is InChI=1S/C11H9N3O2/c15-11(16)14(9-4-2-1-3-5-9)10-6-7-12-8-13-10/h1-8H,(H,15,16). The molecule has 1 amide bonds. The molecule has 0 radical (unpaired) electrons. The summed E-state index contributed by atoms with van der Waals surface area (Å²) in [5, 5.41) is 9.15. The molecule has 5 heteroatoms. The third-order valence-electron chi connectivity index (χ3n) is 2.00. The lowest BCUT2D eigenvalue weighted by molar-refractivity contribution is 0.204. The molecule has 0 spiro atoms. The second-order valence-corrected chi connectivity index (χ2v) is 3.02. The van der Waals surface area contributed by atoms with Crippen LogP contribution in [0.3, 0.4) is 0 Å². The zero-order valence-corrected chi connectivity index (χ0v) is 8.32. The smallest absolute Gasteiger partial charge is 0.417 e.